The van der Waals surface area contributed by atoms with Crippen LogP contribution in [0.4, 0.5) is 0 Å². The molecule has 0 unspecified atom stereocenters. The van der Waals surface area contributed by atoms with Crippen LogP contribution in [0.5, 0.6) is 0 Å². The van der Waals surface area contributed by atoms with E-state index < -0.39 is 0 Å². The van der Waals surface area contributed by atoms with Crippen molar-refractivity contribution in [1.82, 2.24) is 15.0 Å². The molecule has 0 bridgehead atoms. The first kappa shape index (κ1) is 11.0. The van der Waals surface area contributed by atoms with Gasteiger partial charge in [0.25, 0.3) is 0 Å². The molecule has 0 N–H and O–H groups in total. The fraction of sp³-hybridized carbons (Fsp3) is 0.250. The molecule has 1 aromatic heterocycles. The second-order valence-corrected chi connectivity index (χ2v) is 4.15. The third kappa shape index (κ3) is 2.36. The minimum Gasteiger partial charge on any atom is -0.213 e. The van der Waals surface area contributed by atoms with Crippen LogP contribution in [-0.4, -0.2) is 15.0 Å². The van der Waals surface area contributed by atoms with Gasteiger partial charge in [0.15, 0.2) is 5.82 Å². The lowest BCUT2D eigenvalue weighted by Gasteiger charge is -2.06. The Kier molecular flexibility index (Phi) is 3.15. The van der Waals surface area contributed by atoms with Crippen molar-refractivity contribution < 1.29 is 0 Å². The minimum atomic E-state index is 0.239. The van der Waals surface area contributed by atoms with Gasteiger partial charge in [0, 0.05) is 11.5 Å². The molecule has 0 spiro atoms. The Morgan fingerprint density at radius 1 is 1.00 bits per heavy atom. The highest BCUT2D eigenvalue weighted by molar-refractivity contribution is 6.28. The Balaban J connectivity index is 2.50. The van der Waals surface area contributed by atoms with Crippen LogP contribution in [-0.2, 0) is 0 Å². The number of nitrogens with zero attached hydrogens (tertiary/aromatic N) is 3. The van der Waals surface area contributed by atoms with Crippen molar-refractivity contribution in [3.63, 3.8) is 0 Å². The molecular formula is C12H12ClN3. The van der Waals surface area contributed by atoms with E-state index in [1.165, 1.54) is 0 Å². The molecule has 2 aromatic rings. The van der Waals surface area contributed by atoms with Crippen molar-refractivity contribution in [2.45, 2.75) is 19.8 Å². The monoisotopic (exact) mass is 233 g/mol. The average molecular weight is 234 g/mol. The Bertz CT molecular complexity index is 483. The van der Waals surface area contributed by atoms with Crippen LogP contribution in [0, 0.1) is 0 Å². The van der Waals surface area contributed by atoms with Gasteiger partial charge < -0.3 is 0 Å². The summed E-state index contributed by atoms with van der Waals surface area (Å²) in [7, 11) is 0. The first-order valence-corrected chi connectivity index (χ1v) is 5.51. The van der Waals surface area contributed by atoms with Gasteiger partial charge in [-0.1, -0.05) is 44.2 Å². The molecule has 0 atom stereocenters. The highest BCUT2D eigenvalue weighted by Gasteiger charge is 2.09. The van der Waals surface area contributed by atoms with Gasteiger partial charge >= 0.3 is 0 Å². The summed E-state index contributed by atoms with van der Waals surface area (Å²) in [5, 5.41) is 0.248. The Morgan fingerprint density at radius 3 is 2.31 bits per heavy atom. The van der Waals surface area contributed by atoms with E-state index in [2.05, 4.69) is 15.0 Å². The second kappa shape index (κ2) is 4.58. The maximum Gasteiger partial charge on any atom is 0.226 e. The maximum absolute atomic E-state index is 5.88. The number of hydrogen-bond donors (Lipinski definition) is 0. The highest BCUT2D eigenvalue weighted by atomic mass is 35.5. The fourth-order valence-corrected chi connectivity index (χ4v) is 1.51. The zero-order valence-electron chi connectivity index (χ0n) is 9.18. The largest absolute Gasteiger partial charge is 0.226 e. The molecule has 4 heteroatoms. The van der Waals surface area contributed by atoms with E-state index in [0.717, 1.165) is 11.4 Å². The van der Waals surface area contributed by atoms with E-state index in [9.17, 15) is 0 Å². The van der Waals surface area contributed by atoms with Crippen LogP contribution < -0.4 is 0 Å². The molecule has 0 amide bonds. The molecule has 0 aliphatic heterocycles. The van der Waals surface area contributed by atoms with Gasteiger partial charge in [-0.25, -0.2) is 9.97 Å². The summed E-state index contributed by atoms with van der Waals surface area (Å²) in [6.07, 6.45) is 0. The Hall–Kier alpha value is -1.48. The fourth-order valence-electron chi connectivity index (χ4n) is 1.34. The summed E-state index contributed by atoms with van der Waals surface area (Å²) in [4.78, 5) is 12.6. The van der Waals surface area contributed by atoms with Crippen molar-refractivity contribution >= 4 is 11.6 Å². The molecule has 0 fully saturated rings. The third-order valence-electron chi connectivity index (χ3n) is 2.17. The molecule has 0 aliphatic rings. The standard InChI is InChI=1S/C12H12ClN3/c1-8(2)10-14-11(16-12(13)15-10)9-6-4-3-5-7-9/h3-8H,1-2H3. The summed E-state index contributed by atoms with van der Waals surface area (Å²) < 4.78 is 0. The van der Waals surface area contributed by atoms with Crippen LogP contribution in [0.2, 0.25) is 5.28 Å². The van der Waals surface area contributed by atoms with Gasteiger partial charge in [-0.05, 0) is 11.6 Å². The number of aromatic nitrogens is 3. The molecule has 0 saturated heterocycles. The summed E-state index contributed by atoms with van der Waals surface area (Å²) in [5.41, 5.74) is 0.953. The summed E-state index contributed by atoms with van der Waals surface area (Å²) in [5.74, 6) is 1.59. The lowest BCUT2D eigenvalue weighted by atomic mass is 10.2. The minimum absolute atomic E-state index is 0.239. The van der Waals surface area contributed by atoms with E-state index in [1.54, 1.807) is 0 Å². The van der Waals surface area contributed by atoms with Gasteiger partial charge in [0.05, 0.1) is 0 Å². The number of hydrogen-bond acceptors (Lipinski definition) is 3. The molecule has 0 saturated carbocycles. The molecule has 1 heterocycles. The quantitative estimate of drug-likeness (QED) is 0.799. The van der Waals surface area contributed by atoms with Crippen LogP contribution >= 0.6 is 11.6 Å². The zero-order chi connectivity index (χ0) is 11.5. The van der Waals surface area contributed by atoms with Crippen molar-refractivity contribution in [3.05, 3.63) is 41.4 Å². The molecule has 0 radical (unpaired) electrons. The van der Waals surface area contributed by atoms with Crippen molar-refractivity contribution in [3.8, 4) is 11.4 Å². The van der Waals surface area contributed by atoms with Crippen molar-refractivity contribution in [2.24, 2.45) is 0 Å². The summed E-state index contributed by atoms with van der Waals surface area (Å²) >= 11 is 5.88. The summed E-state index contributed by atoms with van der Waals surface area (Å²) in [6.45, 7) is 4.06. The van der Waals surface area contributed by atoms with Crippen LogP contribution in [0.15, 0.2) is 30.3 Å². The molecule has 2 rings (SSSR count). The van der Waals surface area contributed by atoms with Crippen LogP contribution in [0.25, 0.3) is 11.4 Å². The predicted octanol–water partition coefficient (Wildman–Crippen LogP) is 3.32. The Morgan fingerprint density at radius 2 is 1.69 bits per heavy atom. The molecular weight excluding hydrogens is 222 g/mol. The van der Waals surface area contributed by atoms with Crippen LogP contribution in [0.1, 0.15) is 25.6 Å². The number of benzene rings is 1. The molecule has 82 valence electrons. The van der Waals surface area contributed by atoms with E-state index in [0.29, 0.717) is 5.82 Å². The zero-order valence-corrected chi connectivity index (χ0v) is 9.94. The SMILES string of the molecule is CC(C)c1nc(Cl)nc(-c2ccccc2)n1. The highest BCUT2D eigenvalue weighted by Crippen LogP contribution is 2.18. The van der Waals surface area contributed by atoms with Crippen molar-refractivity contribution in [1.29, 1.82) is 0 Å². The summed E-state index contributed by atoms with van der Waals surface area (Å²) in [6, 6.07) is 9.76. The van der Waals surface area contributed by atoms with Gasteiger partial charge in [0.1, 0.15) is 5.82 Å². The average Bonchev–Trinajstić information content (AvgIpc) is 2.29. The first-order chi connectivity index (χ1) is 7.66. The van der Waals surface area contributed by atoms with Crippen LogP contribution in [0.3, 0.4) is 0 Å². The molecule has 0 aliphatic carbocycles. The van der Waals surface area contributed by atoms with Gasteiger partial charge in [-0.3, -0.25) is 0 Å². The van der Waals surface area contributed by atoms with Gasteiger partial charge in [-0.2, -0.15) is 4.98 Å². The van der Waals surface area contributed by atoms with E-state index in [1.807, 2.05) is 44.2 Å². The van der Waals surface area contributed by atoms with E-state index in [-0.39, 0.29) is 11.2 Å². The van der Waals surface area contributed by atoms with Crippen molar-refractivity contribution in [2.75, 3.05) is 0 Å². The first-order valence-electron chi connectivity index (χ1n) is 5.13. The lowest BCUT2D eigenvalue weighted by molar-refractivity contribution is 0.763. The van der Waals surface area contributed by atoms with Gasteiger partial charge in [-0.15, -0.1) is 0 Å². The Labute approximate surface area is 99.5 Å². The van der Waals surface area contributed by atoms with E-state index in [4.69, 9.17) is 11.6 Å². The van der Waals surface area contributed by atoms with E-state index >= 15 is 0 Å². The third-order valence-corrected chi connectivity index (χ3v) is 2.34. The number of rotatable bonds is 2. The topological polar surface area (TPSA) is 38.7 Å². The normalized spacial score (nSPS) is 10.8. The second-order valence-electron chi connectivity index (χ2n) is 3.81. The predicted molar refractivity (Wildman–Crippen MR) is 64.4 cm³/mol. The molecule has 1 aromatic carbocycles. The smallest absolute Gasteiger partial charge is 0.213 e. The maximum atomic E-state index is 5.88. The molecule has 3 nitrogen and oxygen atoms in total. The number of halogens is 1. The van der Waals surface area contributed by atoms with Gasteiger partial charge in [0.2, 0.25) is 5.28 Å². The lowest BCUT2D eigenvalue weighted by Crippen LogP contribution is -2.02. The molecule has 16 heavy (non-hydrogen) atoms.